The van der Waals surface area contributed by atoms with E-state index < -0.39 is 29.5 Å². The molecule has 1 rings (SSSR count). The molecule has 1 aromatic carbocycles. The van der Waals surface area contributed by atoms with Crippen LogP contribution in [-0.4, -0.2) is 28.8 Å². The molecule has 0 saturated carbocycles. The van der Waals surface area contributed by atoms with Crippen LogP contribution in [0.5, 0.6) is 0 Å². The Hall–Kier alpha value is -1.63. The lowest BCUT2D eigenvalue weighted by Gasteiger charge is -2.23. The topological polar surface area (TPSA) is 75.6 Å². The van der Waals surface area contributed by atoms with Crippen LogP contribution in [0.1, 0.15) is 32.8 Å². The Kier molecular flexibility index (Phi) is 6.34. The van der Waals surface area contributed by atoms with Crippen LogP contribution in [0, 0.1) is 5.82 Å². The van der Waals surface area contributed by atoms with E-state index in [9.17, 15) is 14.0 Å². The highest BCUT2D eigenvalue weighted by Gasteiger charge is 2.22. The Morgan fingerprint density at radius 2 is 2.05 bits per heavy atom. The molecule has 5 nitrogen and oxygen atoms in total. The van der Waals surface area contributed by atoms with Gasteiger partial charge in [-0.2, -0.15) is 0 Å². The number of ether oxygens (including phenoxy) is 1. The SMILES string of the molecule is CC(C)(C)OC(=O)NC(CC(=O)O)Cc1cc(Br)ccc1F. The van der Waals surface area contributed by atoms with Crippen molar-refractivity contribution >= 4 is 28.0 Å². The number of benzene rings is 1. The maximum absolute atomic E-state index is 13.8. The molecule has 1 aromatic rings. The van der Waals surface area contributed by atoms with Crippen molar-refractivity contribution in [3.05, 3.63) is 34.1 Å². The van der Waals surface area contributed by atoms with Gasteiger partial charge in [0, 0.05) is 10.5 Å². The third-order valence-corrected chi connectivity index (χ3v) is 3.11. The van der Waals surface area contributed by atoms with Gasteiger partial charge in [0.05, 0.1) is 6.42 Å². The number of nitrogens with one attached hydrogen (secondary N) is 1. The molecule has 7 heteroatoms. The fraction of sp³-hybridized carbons (Fsp3) is 0.467. The van der Waals surface area contributed by atoms with E-state index in [0.717, 1.165) is 0 Å². The third-order valence-electron chi connectivity index (χ3n) is 2.62. The summed E-state index contributed by atoms with van der Waals surface area (Å²) in [5.74, 6) is -1.54. The lowest BCUT2D eigenvalue weighted by molar-refractivity contribution is -0.137. The minimum Gasteiger partial charge on any atom is -0.481 e. The number of alkyl carbamates (subject to hydrolysis) is 1. The average molecular weight is 376 g/mol. The minimum atomic E-state index is -1.09. The second-order valence-electron chi connectivity index (χ2n) is 5.88. The third kappa shape index (κ3) is 6.89. The van der Waals surface area contributed by atoms with Crippen molar-refractivity contribution in [3.8, 4) is 0 Å². The minimum absolute atomic E-state index is 0.0524. The number of aliphatic carboxylic acids is 1. The van der Waals surface area contributed by atoms with E-state index >= 15 is 0 Å². The number of carboxylic acids is 1. The Balaban J connectivity index is 2.82. The highest BCUT2D eigenvalue weighted by atomic mass is 79.9. The predicted molar refractivity (Wildman–Crippen MR) is 83.2 cm³/mol. The maximum atomic E-state index is 13.8. The van der Waals surface area contributed by atoms with E-state index in [1.54, 1.807) is 32.9 Å². The van der Waals surface area contributed by atoms with Crippen molar-refractivity contribution in [1.82, 2.24) is 5.32 Å². The first-order valence-electron chi connectivity index (χ1n) is 6.72. The first-order valence-corrected chi connectivity index (χ1v) is 7.51. The van der Waals surface area contributed by atoms with Crippen LogP contribution in [0.25, 0.3) is 0 Å². The van der Waals surface area contributed by atoms with Crippen LogP contribution < -0.4 is 5.32 Å². The van der Waals surface area contributed by atoms with Crippen LogP contribution >= 0.6 is 15.9 Å². The van der Waals surface area contributed by atoms with E-state index in [0.29, 0.717) is 10.0 Å². The van der Waals surface area contributed by atoms with Gasteiger partial charge in [-0.1, -0.05) is 15.9 Å². The molecule has 122 valence electrons. The van der Waals surface area contributed by atoms with Crippen LogP contribution in [0.4, 0.5) is 9.18 Å². The van der Waals surface area contributed by atoms with Crippen molar-refractivity contribution in [2.45, 2.75) is 45.3 Å². The highest BCUT2D eigenvalue weighted by Crippen LogP contribution is 2.18. The van der Waals surface area contributed by atoms with Crippen molar-refractivity contribution in [2.24, 2.45) is 0 Å². The smallest absolute Gasteiger partial charge is 0.407 e. The number of carbonyl (C=O) groups is 2. The van der Waals surface area contributed by atoms with Gasteiger partial charge in [0.2, 0.25) is 0 Å². The molecule has 0 heterocycles. The van der Waals surface area contributed by atoms with Gasteiger partial charge in [0.25, 0.3) is 0 Å². The summed E-state index contributed by atoms with van der Waals surface area (Å²) in [6, 6.07) is 3.62. The van der Waals surface area contributed by atoms with E-state index in [2.05, 4.69) is 21.2 Å². The molecule has 2 N–H and O–H groups in total. The quantitative estimate of drug-likeness (QED) is 0.825. The van der Waals surface area contributed by atoms with Crippen LogP contribution in [0.15, 0.2) is 22.7 Å². The van der Waals surface area contributed by atoms with Crippen molar-refractivity contribution in [1.29, 1.82) is 0 Å². The molecule has 0 aliphatic rings. The molecule has 0 radical (unpaired) electrons. The number of carboxylic acid groups (broad SMARTS) is 1. The predicted octanol–water partition coefficient (Wildman–Crippen LogP) is 3.50. The van der Waals surface area contributed by atoms with Gasteiger partial charge in [0.1, 0.15) is 11.4 Å². The molecule has 0 saturated heterocycles. The van der Waals surface area contributed by atoms with Gasteiger partial charge in [-0.25, -0.2) is 9.18 Å². The summed E-state index contributed by atoms with van der Waals surface area (Å²) in [6.07, 6.45) is -1.00. The second-order valence-corrected chi connectivity index (χ2v) is 6.80. The molecule has 1 unspecified atom stereocenters. The molecule has 0 fully saturated rings. The molecule has 0 spiro atoms. The fourth-order valence-corrected chi connectivity index (χ4v) is 2.23. The van der Waals surface area contributed by atoms with E-state index in [1.807, 2.05) is 0 Å². The number of halogens is 2. The molecule has 1 amide bonds. The Labute approximate surface area is 137 Å². The Bertz CT molecular complexity index is 557. The lowest BCUT2D eigenvalue weighted by Crippen LogP contribution is -2.41. The molecule has 0 aromatic heterocycles. The van der Waals surface area contributed by atoms with Gasteiger partial charge in [-0.05, 0) is 51.0 Å². The molecule has 1 atom stereocenters. The zero-order chi connectivity index (χ0) is 16.9. The van der Waals surface area contributed by atoms with Crippen molar-refractivity contribution < 1.29 is 23.8 Å². The first kappa shape index (κ1) is 18.4. The van der Waals surface area contributed by atoms with Gasteiger partial charge in [0.15, 0.2) is 0 Å². The lowest BCUT2D eigenvalue weighted by atomic mass is 10.0. The summed E-state index contributed by atoms with van der Waals surface area (Å²) in [5.41, 5.74) is -0.379. The molecule has 0 aliphatic heterocycles. The molecular weight excluding hydrogens is 357 g/mol. The van der Waals surface area contributed by atoms with Crippen molar-refractivity contribution in [3.63, 3.8) is 0 Å². The summed E-state index contributed by atoms with van der Waals surface area (Å²) in [7, 11) is 0. The normalized spacial score (nSPS) is 12.6. The van der Waals surface area contributed by atoms with Crippen LogP contribution in [0.2, 0.25) is 0 Å². The number of carbonyl (C=O) groups excluding carboxylic acids is 1. The first-order chi connectivity index (χ1) is 10.1. The van der Waals surface area contributed by atoms with Crippen molar-refractivity contribution in [2.75, 3.05) is 0 Å². The highest BCUT2D eigenvalue weighted by molar-refractivity contribution is 9.10. The molecular formula is C15H19BrFNO4. The Morgan fingerprint density at radius 3 is 2.59 bits per heavy atom. The summed E-state index contributed by atoms with van der Waals surface area (Å²) in [6.45, 7) is 5.10. The van der Waals surface area contributed by atoms with Gasteiger partial charge in [-0.3, -0.25) is 4.79 Å². The monoisotopic (exact) mass is 375 g/mol. The van der Waals surface area contributed by atoms with E-state index in [-0.39, 0.29) is 12.8 Å². The van der Waals surface area contributed by atoms with Crippen LogP contribution in [0.3, 0.4) is 0 Å². The molecule has 0 aliphatic carbocycles. The van der Waals surface area contributed by atoms with Gasteiger partial charge < -0.3 is 15.2 Å². The zero-order valence-electron chi connectivity index (χ0n) is 12.7. The van der Waals surface area contributed by atoms with Crippen LogP contribution in [-0.2, 0) is 16.0 Å². The number of hydrogen-bond acceptors (Lipinski definition) is 3. The summed E-state index contributed by atoms with van der Waals surface area (Å²) in [4.78, 5) is 22.7. The largest absolute Gasteiger partial charge is 0.481 e. The fourth-order valence-electron chi connectivity index (χ4n) is 1.82. The number of rotatable bonds is 5. The maximum Gasteiger partial charge on any atom is 0.407 e. The van der Waals surface area contributed by atoms with E-state index in [4.69, 9.17) is 9.84 Å². The summed E-state index contributed by atoms with van der Waals surface area (Å²) in [5, 5.41) is 11.4. The number of hydrogen-bond donors (Lipinski definition) is 2. The molecule has 22 heavy (non-hydrogen) atoms. The summed E-state index contributed by atoms with van der Waals surface area (Å²) >= 11 is 3.23. The summed E-state index contributed by atoms with van der Waals surface area (Å²) < 4.78 is 19.5. The standard InChI is InChI=1S/C15H19BrFNO4/c1-15(2,3)22-14(21)18-11(8-13(19)20)7-9-6-10(16)4-5-12(9)17/h4-6,11H,7-8H2,1-3H3,(H,18,21)(H,19,20). The second kappa shape index (κ2) is 7.58. The molecule has 0 bridgehead atoms. The van der Waals surface area contributed by atoms with E-state index in [1.165, 1.54) is 6.07 Å². The Morgan fingerprint density at radius 1 is 1.41 bits per heavy atom. The van der Waals surface area contributed by atoms with Gasteiger partial charge in [-0.15, -0.1) is 0 Å². The van der Waals surface area contributed by atoms with Gasteiger partial charge >= 0.3 is 12.1 Å². The zero-order valence-corrected chi connectivity index (χ0v) is 14.2. The average Bonchev–Trinajstić information content (AvgIpc) is 2.30. The number of amides is 1.